The zero-order valence-electron chi connectivity index (χ0n) is 21.0. The predicted octanol–water partition coefficient (Wildman–Crippen LogP) is 4.83. The molecule has 6 unspecified atom stereocenters. The summed E-state index contributed by atoms with van der Waals surface area (Å²) < 4.78 is 25.7. The summed E-state index contributed by atoms with van der Waals surface area (Å²) in [6.45, 7) is 2.64. The molecule has 0 aromatic heterocycles. The number of rotatable bonds is 7. The third-order valence-electron chi connectivity index (χ3n) is 7.12. The van der Waals surface area contributed by atoms with Crippen LogP contribution >= 0.6 is 11.8 Å². The summed E-state index contributed by atoms with van der Waals surface area (Å²) in [6, 6.07) is 25.8. The number of carbonyl (C=O) groups excluding carboxylic acids is 2. The van der Waals surface area contributed by atoms with Gasteiger partial charge in [-0.1, -0.05) is 79.7 Å². The Morgan fingerprint density at radius 1 is 0.868 bits per heavy atom. The number of carbonyl (C=O) groups is 2. The Labute approximate surface area is 226 Å². The van der Waals surface area contributed by atoms with Crippen molar-refractivity contribution in [2.75, 3.05) is 12.4 Å². The van der Waals surface area contributed by atoms with Crippen molar-refractivity contribution in [3.05, 3.63) is 107 Å². The molecular weight excluding hydrogens is 502 g/mol. The Hall–Kier alpha value is -3.01. The number of nitrogens with zero attached hydrogens (tertiary/aromatic N) is 1. The molecule has 7 nitrogen and oxygen atoms in total. The van der Waals surface area contributed by atoms with Crippen LogP contribution in [0.15, 0.2) is 84.9 Å². The summed E-state index contributed by atoms with van der Waals surface area (Å²) >= 11 is 1.55. The Bertz CT molecular complexity index is 1250. The van der Waals surface area contributed by atoms with E-state index in [1.165, 1.54) is 4.90 Å². The van der Waals surface area contributed by atoms with Crippen LogP contribution in [0.25, 0.3) is 0 Å². The van der Waals surface area contributed by atoms with Gasteiger partial charge in [-0.3, -0.25) is 14.5 Å². The van der Waals surface area contributed by atoms with Crippen LogP contribution in [0.3, 0.4) is 0 Å². The summed E-state index contributed by atoms with van der Waals surface area (Å²) in [5, 5.41) is 0. The lowest BCUT2D eigenvalue weighted by Crippen LogP contribution is -2.67. The average Bonchev–Trinajstić information content (AvgIpc) is 3.22. The Morgan fingerprint density at radius 2 is 1.50 bits per heavy atom. The third-order valence-corrected chi connectivity index (χ3v) is 8.17. The zero-order chi connectivity index (χ0) is 26.1. The minimum absolute atomic E-state index is 0.304. The molecular formula is C30H29NO6S. The molecule has 2 fully saturated rings. The summed E-state index contributed by atoms with van der Waals surface area (Å²) in [4.78, 5) is 28.6. The van der Waals surface area contributed by atoms with Gasteiger partial charge in [0.25, 0.3) is 11.8 Å². The third kappa shape index (κ3) is 4.67. The van der Waals surface area contributed by atoms with E-state index in [0.29, 0.717) is 24.3 Å². The van der Waals surface area contributed by atoms with E-state index < -0.39 is 36.1 Å². The van der Waals surface area contributed by atoms with Gasteiger partial charge in [0, 0.05) is 5.56 Å². The average molecular weight is 532 g/mol. The van der Waals surface area contributed by atoms with Gasteiger partial charge in [-0.25, -0.2) is 0 Å². The van der Waals surface area contributed by atoms with E-state index in [0.717, 1.165) is 16.9 Å². The molecule has 2 amide bonds. The minimum atomic E-state index is -0.688. The topological polar surface area (TPSA) is 74.3 Å². The molecule has 0 N–H and O–H groups in total. The van der Waals surface area contributed by atoms with Gasteiger partial charge in [0.15, 0.2) is 6.29 Å². The van der Waals surface area contributed by atoms with Crippen LogP contribution in [0.2, 0.25) is 0 Å². The van der Waals surface area contributed by atoms with Crippen molar-refractivity contribution in [1.82, 2.24) is 4.90 Å². The molecule has 3 aliphatic heterocycles. The van der Waals surface area contributed by atoms with Crippen molar-refractivity contribution >= 4 is 23.6 Å². The van der Waals surface area contributed by atoms with Crippen molar-refractivity contribution in [2.24, 2.45) is 0 Å². The number of amides is 2. The van der Waals surface area contributed by atoms with Crippen LogP contribution in [0.5, 0.6) is 0 Å². The van der Waals surface area contributed by atoms with Crippen LogP contribution in [-0.4, -0.2) is 58.9 Å². The summed E-state index contributed by atoms with van der Waals surface area (Å²) in [5.74, 6) is 0.0697. The molecule has 6 atom stereocenters. The van der Waals surface area contributed by atoms with Gasteiger partial charge >= 0.3 is 0 Å². The van der Waals surface area contributed by atoms with Crippen LogP contribution in [0.4, 0.5) is 0 Å². The summed E-state index contributed by atoms with van der Waals surface area (Å²) in [6.07, 6.45) is -2.20. The van der Waals surface area contributed by atoms with Crippen LogP contribution < -0.4 is 0 Å². The fraction of sp³-hybridized carbons (Fsp3) is 0.333. The van der Waals surface area contributed by atoms with Gasteiger partial charge in [0.05, 0.1) is 24.3 Å². The smallest absolute Gasteiger partial charge is 0.262 e. The van der Waals surface area contributed by atoms with Gasteiger partial charge in [0.1, 0.15) is 29.8 Å². The van der Waals surface area contributed by atoms with Crippen molar-refractivity contribution in [2.45, 2.75) is 49.6 Å². The highest BCUT2D eigenvalue weighted by Gasteiger charge is 2.56. The summed E-state index contributed by atoms with van der Waals surface area (Å²) in [7, 11) is 0. The van der Waals surface area contributed by atoms with Gasteiger partial charge in [-0.05, 0) is 23.4 Å². The monoisotopic (exact) mass is 531 g/mol. The lowest BCUT2D eigenvalue weighted by atomic mass is 9.95. The van der Waals surface area contributed by atoms with Gasteiger partial charge in [0.2, 0.25) is 0 Å². The van der Waals surface area contributed by atoms with Crippen LogP contribution in [-0.2, 0) is 25.6 Å². The molecule has 0 saturated carbocycles. The first-order valence-electron chi connectivity index (χ1n) is 12.9. The number of hydrogen-bond acceptors (Lipinski definition) is 7. The SMILES string of the molecule is CCSC1OC2COC(c3ccccc3)OC2C(OCc2ccccc2)C1N1C(=O)c2ccccc2C1=O. The maximum Gasteiger partial charge on any atom is 0.262 e. The Morgan fingerprint density at radius 3 is 2.16 bits per heavy atom. The maximum absolute atomic E-state index is 13.6. The highest BCUT2D eigenvalue weighted by molar-refractivity contribution is 7.99. The maximum atomic E-state index is 13.6. The molecule has 8 heteroatoms. The first-order valence-corrected chi connectivity index (χ1v) is 13.9. The van der Waals surface area contributed by atoms with Crippen LogP contribution in [0, 0.1) is 0 Å². The normalized spacial score (nSPS) is 28.7. The van der Waals surface area contributed by atoms with Gasteiger partial charge in [-0.2, -0.15) is 0 Å². The van der Waals surface area contributed by atoms with E-state index in [1.54, 1.807) is 36.0 Å². The number of fused-ring (bicyclic) bond motifs is 2. The largest absolute Gasteiger partial charge is 0.368 e. The first kappa shape index (κ1) is 25.3. The van der Waals surface area contributed by atoms with Crippen LogP contribution in [0.1, 0.15) is 45.1 Å². The molecule has 3 aliphatic rings. The highest BCUT2D eigenvalue weighted by Crippen LogP contribution is 2.42. The Balaban J connectivity index is 1.37. The van der Waals surface area contributed by atoms with E-state index in [4.69, 9.17) is 18.9 Å². The fourth-order valence-electron chi connectivity index (χ4n) is 5.35. The number of hydrogen-bond donors (Lipinski definition) is 0. The second kappa shape index (κ2) is 11.0. The standard InChI is InChI=1S/C30H29NO6S/c1-2-38-30-24(31-27(32)21-15-9-10-16-22(21)28(31)33)26(34-17-19-11-5-3-6-12-19)25-23(36-30)18-35-29(37-25)20-13-7-4-8-14-20/h3-16,23-26,29-30H,2,17-18H2,1H3. The second-order valence-electron chi connectivity index (χ2n) is 9.45. The van der Waals surface area contributed by atoms with Crippen molar-refractivity contribution in [3.8, 4) is 0 Å². The Kier molecular flexibility index (Phi) is 7.32. The van der Waals surface area contributed by atoms with Gasteiger partial charge < -0.3 is 18.9 Å². The fourth-order valence-corrected chi connectivity index (χ4v) is 6.37. The van der Waals surface area contributed by atoms with E-state index in [-0.39, 0.29) is 11.8 Å². The lowest BCUT2D eigenvalue weighted by molar-refractivity contribution is -0.316. The van der Waals surface area contributed by atoms with Gasteiger partial charge in [-0.15, -0.1) is 11.8 Å². The number of imide groups is 1. The quantitative estimate of drug-likeness (QED) is 0.405. The molecule has 0 aliphatic carbocycles. The molecule has 0 bridgehead atoms. The molecule has 6 rings (SSSR count). The molecule has 196 valence electrons. The van der Waals surface area contributed by atoms with E-state index in [9.17, 15) is 9.59 Å². The zero-order valence-corrected chi connectivity index (χ0v) is 21.8. The van der Waals surface area contributed by atoms with E-state index in [1.807, 2.05) is 67.6 Å². The van der Waals surface area contributed by atoms with E-state index in [2.05, 4.69) is 0 Å². The summed E-state index contributed by atoms with van der Waals surface area (Å²) in [5.41, 5.74) is 2.18. The molecule has 0 spiro atoms. The number of ether oxygens (including phenoxy) is 4. The number of thioether (sulfide) groups is 1. The molecule has 3 aromatic carbocycles. The first-order chi connectivity index (χ1) is 18.7. The molecule has 3 heterocycles. The molecule has 0 radical (unpaired) electrons. The molecule has 2 saturated heterocycles. The van der Waals surface area contributed by atoms with Crippen molar-refractivity contribution in [3.63, 3.8) is 0 Å². The lowest BCUT2D eigenvalue weighted by Gasteiger charge is -2.51. The van der Waals surface area contributed by atoms with Crippen molar-refractivity contribution < 1.29 is 28.5 Å². The molecule has 38 heavy (non-hydrogen) atoms. The predicted molar refractivity (Wildman–Crippen MR) is 143 cm³/mol. The highest BCUT2D eigenvalue weighted by atomic mass is 32.2. The van der Waals surface area contributed by atoms with Crippen molar-refractivity contribution in [1.29, 1.82) is 0 Å². The van der Waals surface area contributed by atoms with E-state index >= 15 is 0 Å². The minimum Gasteiger partial charge on any atom is -0.368 e. The number of benzene rings is 3. The molecule has 3 aromatic rings. The second-order valence-corrected chi connectivity index (χ2v) is 10.8.